The van der Waals surface area contributed by atoms with Crippen molar-refractivity contribution in [1.82, 2.24) is 15.2 Å². The number of hydrogen-bond donors (Lipinski definition) is 4. The van der Waals surface area contributed by atoms with Gasteiger partial charge in [0.05, 0.1) is 0 Å². The highest BCUT2D eigenvalue weighted by Gasteiger charge is 2.55. The first kappa shape index (κ1) is 44.4. The molecule has 3 rings (SSSR count). The molecule has 1 saturated heterocycles. The Morgan fingerprint density at radius 2 is 1.56 bits per heavy atom. The number of hydrogen-bond acceptors (Lipinski definition) is 21. The van der Waals surface area contributed by atoms with Crippen LogP contribution in [0.2, 0.25) is 0 Å². The Morgan fingerprint density at radius 3 is 2.07 bits per heavy atom. The smallest absolute Gasteiger partial charge is 0.461 e. The first-order valence-corrected chi connectivity index (χ1v) is 18.6. The molecular formula is C32H45N7O14S2. The van der Waals surface area contributed by atoms with Crippen LogP contribution in [0.25, 0.3) is 0 Å². The SMILES string of the molecule is CON=C(C(=O)N[C@@H]1C(=O)N2C(C(=O)OC(C)OC(=O)OC(COC(=O)[C@@H](N)C(C)C)COC(=O)[C@@H](N)C(C)C)=C(COC(C)=O)CS[C@H]12)c1csc(N)n1. The number of anilines is 1. The number of oxime groups is 1. The van der Waals surface area contributed by atoms with E-state index in [1.807, 2.05) is 0 Å². The van der Waals surface area contributed by atoms with Gasteiger partial charge in [-0.1, -0.05) is 32.9 Å². The highest BCUT2D eigenvalue weighted by atomic mass is 32.2. The van der Waals surface area contributed by atoms with Gasteiger partial charge in [0.15, 0.2) is 16.9 Å². The van der Waals surface area contributed by atoms with Gasteiger partial charge in [-0.25, -0.2) is 14.6 Å². The summed E-state index contributed by atoms with van der Waals surface area (Å²) in [6, 6.07) is -3.11. The van der Waals surface area contributed by atoms with Gasteiger partial charge in [0, 0.05) is 30.6 Å². The topological polar surface area (TPSA) is 303 Å². The molecule has 1 fully saturated rings. The van der Waals surface area contributed by atoms with Crippen molar-refractivity contribution in [3.05, 3.63) is 22.3 Å². The normalized spacial score (nSPS) is 18.4. The Kier molecular flexibility index (Phi) is 16.2. The monoisotopic (exact) mass is 815 g/mol. The van der Waals surface area contributed by atoms with Gasteiger partial charge in [-0.2, -0.15) is 0 Å². The number of amides is 2. The van der Waals surface area contributed by atoms with E-state index in [9.17, 15) is 33.6 Å². The molecule has 0 bridgehead atoms. The van der Waals surface area contributed by atoms with Gasteiger partial charge in [0.2, 0.25) is 6.29 Å². The Morgan fingerprint density at radius 1 is 0.964 bits per heavy atom. The van der Waals surface area contributed by atoms with Crippen molar-refractivity contribution in [3.8, 4) is 0 Å². The maximum atomic E-state index is 13.6. The highest BCUT2D eigenvalue weighted by molar-refractivity contribution is 8.00. The number of rotatable bonds is 18. The van der Waals surface area contributed by atoms with E-state index in [4.69, 9.17) is 50.5 Å². The third-order valence-electron chi connectivity index (χ3n) is 7.74. The van der Waals surface area contributed by atoms with Crippen LogP contribution in [0.3, 0.4) is 0 Å². The molecule has 0 saturated carbocycles. The predicted octanol–water partition coefficient (Wildman–Crippen LogP) is -0.243. The molecule has 0 spiro atoms. The van der Waals surface area contributed by atoms with Crippen LogP contribution in [0.1, 0.15) is 47.2 Å². The first-order valence-electron chi connectivity index (χ1n) is 16.7. The zero-order valence-corrected chi connectivity index (χ0v) is 32.8. The molecule has 55 heavy (non-hydrogen) atoms. The summed E-state index contributed by atoms with van der Waals surface area (Å²) in [7, 11) is 1.22. The van der Waals surface area contributed by atoms with Crippen molar-refractivity contribution in [1.29, 1.82) is 0 Å². The second-order valence-corrected chi connectivity index (χ2v) is 14.7. The first-order chi connectivity index (χ1) is 25.9. The summed E-state index contributed by atoms with van der Waals surface area (Å²) in [5.41, 5.74) is 17.1. The van der Waals surface area contributed by atoms with Crippen LogP contribution in [0.15, 0.2) is 21.8 Å². The zero-order chi connectivity index (χ0) is 41.1. The van der Waals surface area contributed by atoms with Gasteiger partial charge in [0.25, 0.3) is 11.8 Å². The summed E-state index contributed by atoms with van der Waals surface area (Å²) in [5, 5.41) is 7.10. The maximum Gasteiger partial charge on any atom is 0.511 e. The number of nitrogen functional groups attached to an aromatic ring is 1. The maximum absolute atomic E-state index is 13.6. The summed E-state index contributed by atoms with van der Waals surface area (Å²) in [6.07, 6.45) is -4.44. The molecule has 2 amide bonds. The van der Waals surface area contributed by atoms with E-state index in [1.54, 1.807) is 27.7 Å². The van der Waals surface area contributed by atoms with Crippen LogP contribution < -0.4 is 22.5 Å². The van der Waals surface area contributed by atoms with Crippen LogP contribution >= 0.6 is 23.1 Å². The van der Waals surface area contributed by atoms with Crippen molar-refractivity contribution < 1.29 is 66.8 Å². The largest absolute Gasteiger partial charge is 0.511 e. The van der Waals surface area contributed by atoms with Crippen molar-refractivity contribution in [2.24, 2.45) is 28.5 Å². The predicted molar refractivity (Wildman–Crippen MR) is 193 cm³/mol. The Balaban J connectivity index is 1.72. The minimum absolute atomic E-state index is 0.0670. The Hall–Kier alpha value is -5.00. The number of aromatic nitrogens is 1. The lowest BCUT2D eigenvalue weighted by atomic mass is 10.0. The minimum atomic E-state index is -1.64. The number of nitrogens with one attached hydrogen (secondary N) is 1. The lowest BCUT2D eigenvalue weighted by molar-refractivity contribution is -0.173. The molecule has 7 N–H and O–H groups in total. The number of carbonyl (C=O) groups is 7. The zero-order valence-electron chi connectivity index (χ0n) is 31.1. The molecule has 2 aliphatic heterocycles. The van der Waals surface area contributed by atoms with Crippen LogP contribution in [0, 0.1) is 11.8 Å². The van der Waals surface area contributed by atoms with Crippen molar-refractivity contribution >= 4 is 75.8 Å². The van der Waals surface area contributed by atoms with Crippen molar-refractivity contribution in [3.63, 3.8) is 0 Å². The molecule has 1 unspecified atom stereocenters. The van der Waals surface area contributed by atoms with Crippen LogP contribution in [0.5, 0.6) is 0 Å². The number of ether oxygens (including phenoxy) is 6. The van der Waals surface area contributed by atoms with Gasteiger partial charge in [-0.05, 0) is 11.8 Å². The summed E-state index contributed by atoms with van der Waals surface area (Å²) in [6.45, 7) is 7.56. The van der Waals surface area contributed by atoms with Gasteiger partial charge >= 0.3 is 30.0 Å². The molecule has 5 atom stereocenters. The summed E-state index contributed by atoms with van der Waals surface area (Å²) in [5.74, 6) is -5.42. The van der Waals surface area contributed by atoms with E-state index < -0.39 is 91.0 Å². The highest BCUT2D eigenvalue weighted by Crippen LogP contribution is 2.41. The molecule has 304 valence electrons. The third kappa shape index (κ3) is 12.0. The number of nitrogens with two attached hydrogens (primary N) is 3. The average Bonchev–Trinajstić information content (AvgIpc) is 3.56. The molecule has 3 heterocycles. The van der Waals surface area contributed by atoms with Crippen molar-refractivity contribution in [2.45, 2.75) is 77.4 Å². The quantitative estimate of drug-likeness (QED) is 0.0371. The molecule has 21 nitrogen and oxygen atoms in total. The van der Waals surface area contributed by atoms with E-state index in [0.29, 0.717) is 0 Å². The summed E-state index contributed by atoms with van der Waals surface area (Å²) < 4.78 is 31.0. The second-order valence-electron chi connectivity index (χ2n) is 12.7. The molecule has 0 aliphatic carbocycles. The molecule has 2 aliphatic rings. The van der Waals surface area contributed by atoms with Gasteiger partial charge < -0.3 is 55.8 Å². The molecule has 1 aromatic rings. The van der Waals surface area contributed by atoms with Gasteiger partial charge in [0.1, 0.15) is 61.8 Å². The molecule has 23 heteroatoms. The van der Waals surface area contributed by atoms with E-state index >= 15 is 0 Å². The summed E-state index contributed by atoms with van der Waals surface area (Å²) >= 11 is 2.22. The number of nitrogens with zero attached hydrogens (tertiary/aromatic N) is 3. The number of thioether (sulfide) groups is 1. The number of esters is 4. The van der Waals surface area contributed by atoms with Gasteiger partial charge in [-0.15, -0.1) is 23.1 Å². The van der Waals surface area contributed by atoms with E-state index in [1.165, 1.54) is 19.4 Å². The Bertz CT molecular complexity index is 1650. The fraction of sp³-hybridized carbons (Fsp3) is 0.594. The lowest BCUT2D eigenvalue weighted by Gasteiger charge is -2.49. The molecule has 0 radical (unpaired) electrons. The van der Waals surface area contributed by atoms with Crippen LogP contribution in [0.4, 0.5) is 9.93 Å². The van der Waals surface area contributed by atoms with Crippen LogP contribution in [-0.2, 0) is 62.0 Å². The second kappa shape index (κ2) is 20.1. The molecular weight excluding hydrogens is 771 g/mol. The van der Waals surface area contributed by atoms with E-state index in [-0.39, 0.29) is 52.0 Å². The number of carbonyl (C=O) groups excluding carboxylic acids is 7. The minimum Gasteiger partial charge on any atom is -0.461 e. The standard InChI is InChI=1S/C32H45N7O14S2/c1-13(2)20(33)28(43)49-9-18(10-50-29(44)21(34)14(3)4)53-32(46)52-16(6)51-30(45)24-17(8-48-15(5)40)11-54-27-23(26(42)39(24)27)37-25(41)22(38-47-7)19-12-55-31(35)36-19/h12-14,16,18,20-21,23,27H,8-11,33-34H2,1-7H3,(H2,35,36)(H,37,41)/t16?,20-,21-,23+,27+/m0/s1. The van der Waals surface area contributed by atoms with E-state index in [0.717, 1.165) is 34.9 Å². The summed E-state index contributed by atoms with van der Waals surface area (Å²) in [4.78, 5) is 99.1. The number of β-lactam (4-membered cyclic amide) rings is 1. The third-order valence-corrected chi connectivity index (χ3v) is 9.75. The fourth-order valence-electron chi connectivity index (χ4n) is 4.61. The fourth-order valence-corrected chi connectivity index (χ4v) is 6.48. The molecule has 0 aromatic carbocycles. The van der Waals surface area contributed by atoms with Crippen molar-refractivity contribution in [2.75, 3.05) is 38.4 Å². The number of fused-ring (bicyclic) bond motifs is 1. The van der Waals surface area contributed by atoms with Gasteiger partial charge in [-0.3, -0.25) is 28.9 Å². The molecule has 1 aromatic heterocycles. The Labute approximate surface area is 323 Å². The lowest BCUT2D eigenvalue weighted by Crippen LogP contribution is -2.71. The van der Waals surface area contributed by atoms with E-state index in [2.05, 4.69) is 15.5 Å². The number of thiazole rings is 1. The van der Waals surface area contributed by atoms with Crippen LogP contribution in [-0.4, -0.2) is 126 Å². The average molecular weight is 816 g/mol.